The maximum absolute atomic E-state index is 12.3. The number of aromatic nitrogens is 2. The molecule has 8 nitrogen and oxygen atoms in total. The van der Waals surface area contributed by atoms with Gasteiger partial charge >= 0.3 is 0 Å². The highest BCUT2D eigenvalue weighted by molar-refractivity contribution is 5.83. The van der Waals surface area contributed by atoms with Gasteiger partial charge in [-0.25, -0.2) is 0 Å². The van der Waals surface area contributed by atoms with Crippen molar-refractivity contribution in [2.75, 3.05) is 19.7 Å². The second-order valence-corrected chi connectivity index (χ2v) is 6.42. The number of amides is 2. The zero-order chi connectivity index (χ0) is 16.9. The largest absolute Gasteiger partial charge is 0.365 e. The van der Waals surface area contributed by atoms with Crippen molar-refractivity contribution >= 4 is 11.8 Å². The van der Waals surface area contributed by atoms with E-state index in [0.717, 1.165) is 25.7 Å². The lowest BCUT2D eigenvalue weighted by molar-refractivity contribution is -0.147. The molecule has 0 bridgehead atoms. The summed E-state index contributed by atoms with van der Waals surface area (Å²) < 4.78 is 10.6. The highest BCUT2D eigenvalue weighted by atomic mass is 16.5. The Morgan fingerprint density at radius 3 is 2.83 bits per heavy atom. The van der Waals surface area contributed by atoms with Gasteiger partial charge in [-0.1, -0.05) is 18.0 Å². The third-order valence-electron chi connectivity index (χ3n) is 4.54. The summed E-state index contributed by atoms with van der Waals surface area (Å²) in [6.07, 6.45) is 4.52. The van der Waals surface area contributed by atoms with Crippen molar-refractivity contribution in [3.05, 3.63) is 11.7 Å². The zero-order valence-corrected chi connectivity index (χ0v) is 14.0. The SMILES string of the molecule is Cc1noc(CCC(=O)N2CCO[C@@H](C(=O)NC3CCCC3)C2)n1. The molecule has 2 amide bonds. The predicted molar refractivity (Wildman–Crippen MR) is 84.1 cm³/mol. The number of aryl methyl sites for hydroxylation is 2. The average Bonchev–Trinajstić information content (AvgIpc) is 3.24. The van der Waals surface area contributed by atoms with Gasteiger partial charge in [0.2, 0.25) is 11.8 Å². The first-order valence-electron chi connectivity index (χ1n) is 8.61. The van der Waals surface area contributed by atoms with Gasteiger partial charge in [-0.3, -0.25) is 9.59 Å². The molecule has 0 unspecified atom stereocenters. The van der Waals surface area contributed by atoms with Crippen molar-refractivity contribution in [3.8, 4) is 0 Å². The molecule has 1 aliphatic carbocycles. The van der Waals surface area contributed by atoms with Crippen molar-refractivity contribution < 1.29 is 18.8 Å². The minimum atomic E-state index is -0.575. The van der Waals surface area contributed by atoms with Gasteiger partial charge in [0.1, 0.15) is 0 Å². The summed E-state index contributed by atoms with van der Waals surface area (Å²) in [4.78, 5) is 30.4. The van der Waals surface area contributed by atoms with E-state index in [-0.39, 0.29) is 17.9 Å². The Balaban J connectivity index is 1.46. The Morgan fingerprint density at radius 2 is 2.12 bits per heavy atom. The second kappa shape index (κ2) is 7.74. The molecule has 0 aromatic carbocycles. The first-order valence-corrected chi connectivity index (χ1v) is 8.61. The molecule has 0 spiro atoms. The molecule has 2 fully saturated rings. The van der Waals surface area contributed by atoms with Gasteiger partial charge in [-0.15, -0.1) is 0 Å². The molecule has 2 aliphatic rings. The van der Waals surface area contributed by atoms with Gasteiger partial charge in [0.15, 0.2) is 11.9 Å². The maximum Gasteiger partial charge on any atom is 0.251 e. The van der Waals surface area contributed by atoms with Crippen LogP contribution >= 0.6 is 0 Å². The number of hydrogen-bond donors (Lipinski definition) is 1. The third kappa shape index (κ3) is 4.31. The fourth-order valence-corrected chi connectivity index (χ4v) is 3.21. The number of ether oxygens (including phenoxy) is 1. The van der Waals surface area contributed by atoms with E-state index in [9.17, 15) is 9.59 Å². The third-order valence-corrected chi connectivity index (χ3v) is 4.54. The summed E-state index contributed by atoms with van der Waals surface area (Å²) in [5.74, 6) is 0.900. The molecule has 2 heterocycles. The molecule has 132 valence electrons. The zero-order valence-electron chi connectivity index (χ0n) is 14.0. The standard InChI is InChI=1S/C16H24N4O4/c1-11-17-14(24-19-11)6-7-15(21)20-8-9-23-13(10-20)16(22)18-12-4-2-3-5-12/h12-13H,2-10H2,1H3,(H,18,22)/t13-/m1/s1. The highest BCUT2D eigenvalue weighted by Crippen LogP contribution is 2.18. The van der Waals surface area contributed by atoms with E-state index in [4.69, 9.17) is 9.26 Å². The lowest BCUT2D eigenvalue weighted by Gasteiger charge is -2.32. The summed E-state index contributed by atoms with van der Waals surface area (Å²) in [7, 11) is 0. The number of carbonyl (C=O) groups excluding carboxylic acids is 2. The van der Waals surface area contributed by atoms with Crippen LogP contribution in [0, 0.1) is 6.92 Å². The smallest absolute Gasteiger partial charge is 0.251 e. The molecule has 8 heteroatoms. The van der Waals surface area contributed by atoms with Gasteiger partial charge < -0.3 is 19.5 Å². The second-order valence-electron chi connectivity index (χ2n) is 6.42. The maximum atomic E-state index is 12.3. The van der Waals surface area contributed by atoms with Crippen LogP contribution in [0.5, 0.6) is 0 Å². The van der Waals surface area contributed by atoms with Crippen LogP contribution in [0.15, 0.2) is 4.52 Å². The van der Waals surface area contributed by atoms with E-state index in [1.54, 1.807) is 11.8 Å². The van der Waals surface area contributed by atoms with Crippen LogP contribution < -0.4 is 5.32 Å². The minimum Gasteiger partial charge on any atom is -0.365 e. The first kappa shape index (κ1) is 16.9. The quantitative estimate of drug-likeness (QED) is 0.845. The predicted octanol–water partition coefficient (Wildman–Crippen LogP) is 0.597. The molecule has 1 aromatic heterocycles. The summed E-state index contributed by atoms with van der Waals surface area (Å²) in [6.45, 7) is 2.94. The summed E-state index contributed by atoms with van der Waals surface area (Å²) >= 11 is 0. The summed E-state index contributed by atoms with van der Waals surface area (Å²) in [5.41, 5.74) is 0. The molecule has 24 heavy (non-hydrogen) atoms. The van der Waals surface area contributed by atoms with Gasteiger partial charge in [0.25, 0.3) is 5.91 Å². The number of morpholine rings is 1. The Kier molecular flexibility index (Phi) is 5.44. The van der Waals surface area contributed by atoms with Crippen LogP contribution in [0.3, 0.4) is 0 Å². The Bertz CT molecular complexity index is 582. The monoisotopic (exact) mass is 336 g/mol. The number of hydrogen-bond acceptors (Lipinski definition) is 6. The van der Waals surface area contributed by atoms with Gasteiger partial charge in [-0.2, -0.15) is 4.98 Å². The molecule has 3 rings (SSSR count). The number of carbonyl (C=O) groups is 2. The highest BCUT2D eigenvalue weighted by Gasteiger charge is 2.30. The average molecular weight is 336 g/mol. The lowest BCUT2D eigenvalue weighted by Crippen LogP contribution is -2.52. The summed E-state index contributed by atoms with van der Waals surface area (Å²) in [6, 6.07) is 0.257. The molecule has 1 saturated carbocycles. The molecular formula is C16H24N4O4. The van der Waals surface area contributed by atoms with Gasteiger partial charge in [-0.05, 0) is 19.8 Å². The van der Waals surface area contributed by atoms with E-state index in [0.29, 0.717) is 44.3 Å². The van der Waals surface area contributed by atoms with Crippen LogP contribution in [0.4, 0.5) is 0 Å². The molecule has 1 N–H and O–H groups in total. The number of rotatable bonds is 5. The molecule has 1 saturated heterocycles. The minimum absolute atomic E-state index is 0.0205. The fraction of sp³-hybridized carbons (Fsp3) is 0.750. The normalized spacial score (nSPS) is 21.9. The van der Waals surface area contributed by atoms with Crippen molar-refractivity contribution in [2.45, 2.75) is 57.6 Å². The van der Waals surface area contributed by atoms with Crippen LogP contribution in [0.1, 0.15) is 43.8 Å². The van der Waals surface area contributed by atoms with E-state index in [1.807, 2.05) is 0 Å². The van der Waals surface area contributed by atoms with Crippen molar-refractivity contribution in [1.29, 1.82) is 0 Å². The Labute approximate surface area is 140 Å². The Hall–Kier alpha value is -1.96. The van der Waals surface area contributed by atoms with Gasteiger partial charge in [0, 0.05) is 25.4 Å². The molecular weight excluding hydrogens is 312 g/mol. The summed E-state index contributed by atoms with van der Waals surface area (Å²) in [5, 5.41) is 6.74. The Morgan fingerprint density at radius 1 is 1.33 bits per heavy atom. The van der Waals surface area contributed by atoms with E-state index >= 15 is 0 Å². The van der Waals surface area contributed by atoms with Crippen molar-refractivity contribution in [1.82, 2.24) is 20.4 Å². The molecule has 1 aromatic rings. The molecule has 1 aliphatic heterocycles. The van der Waals surface area contributed by atoms with E-state index in [1.165, 1.54) is 0 Å². The first-order chi connectivity index (χ1) is 11.6. The van der Waals surface area contributed by atoms with E-state index in [2.05, 4.69) is 15.5 Å². The molecule has 1 atom stereocenters. The van der Waals surface area contributed by atoms with Crippen molar-refractivity contribution in [3.63, 3.8) is 0 Å². The van der Waals surface area contributed by atoms with Crippen molar-refractivity contribution in [2.24, 2.45) is 0 Å². The van der Waals surface area contributed by atoms with Crippen LogP contribution in [-0.4, -0.2) is 58.7 Å². The number of nitrogens with one attached hydrogen (secondary N) is 1. The van der Waals surface area contributed by atoms with Crippen LogP contribution in [-0.2, 0) is 20.7 Å². The topological polar surface area (TPSA) is 97.6 Å². The van der Waals surface area contributed by atoms with E-state index < -0.39 is 6.10 Å². The lowest BCUT2D eigenvalue weighted by atomic mass is 10.2. The fourth-order valence-electron chi connectivity index (χ4n) is 3.21. The van der Waals surface area contributed by atoms with Crippen LogP contribution in [0.2, 0.25) is 0 Å². The molecule has 0 radical (unpaired) electrons. The van der Waals surface area contributed by atoms with Gasteiger partial charge in [0.05, 0.1) is 13.2 Å². The van der Waals surface area contributed by atoms with Crippen LogP contribution in [0.25, 0.3) is 0 Å². The number of nitrogens with zero attached hydrogens (tertiary/aromatic N) is 3.